The largest absolute Gasteiger partial charge is 0.506 e. The average molecular weight is 476 g/mol. The molecule has 2 bridgehead atoms. The maximum absolute atomic E-state index is 12.1. The van der Waals surface area contributed by atoms with E-state index in [-0.39, 0.29) is 23.7 Å². The van der Waals surface area contributed by atoms with Crippen LogP contribution in [-0.2, 0) is 9.53 Å². The van der Waals surface area contributed by atoms with Crippen LogP contribution in [0.2, 0.25) is 0 Å². The Kier molecular flexibility index (Phi) is 8.78. The number of carbonyl (C=O) groups excluding carboxylic acids is 1. The highest BCUT2D eigenvalue weighted by molar-refractivity contribution is 5.92. The van der Waals surface area contributed by atoms with Crippen LogP contribution in [0.3, 0.4) is 0 Å². The maximum atomic E-state index is 12.1. The Balaban J connectivity index is 1.22. The highest BCUT2D eigenvalue weighted by Crippen LogP contribution is 2.46. The number of benzene rings is 2. The van der Waals surface area contributed by atoms with Gasteiger partial charge in [0.2, 0.25) is 5.91 Å². The van der Waals surface area contributed by atoms with Gasteiger partial charge in [0.1, 0.15) is 5.75 Å². The van der Waals surface area contributed by atoms with Crippen molar-refractivity contribution in [2.45, 2.75) is 69.7 Å². The van der Waals surface area contributed by atoms with Crippen molar-refractivity contribution < 1.29 is 19.7 Å². The minimum Gasteiger partial charge on any atom is -0.506 e. The number of anilines is 1. The molecule has 1 amide bonds. The third-order valence-electron chi connectivity index (χ3n) is 7.38. The van der Waals surface area contributed by atoms with E-state index < -0.39 is 6.10 Å². The molecule has 2 fully saturated rings. The fourth-order valence-corrected chi connectivity index (χ4v) is 5.29. The first-order valence-electron chi connectivity index (χ1n) is 12.8. The number of allylic oxidation sites excluding steroid dienone is 2. The second-order valence-electron chi connectivity index (χ2n) is 9.77. The fourth-order valence-electron chi connectivity index (χ4n) is 5.29. The number of para-hydroxylation sites is 2. The van der Waals surface area contributed by atoms with E-state index in [0.29, 0.717) is 30.0 Å². The van der Waals surface area contributed by atoms with Gasteiger partial charge in [-0.15, -0.1) is 0 Å². The van der Waals surface area contributed by atoms with Crippen molar-refractivity contribution in [2.24, 2.45) is 11.8 Å². The molecule has 2 aromatic carbocycles. The number of rotatable bonds is 11. The monoisotopic (exact) mass is 475 g/mol. The molecule has 2 saturated heterocycles. The quantitative estimate of drug-likeness (QED) is 0.213. The molecule has 5 nitrogen and oxygen atoms in total. The molecule has 2 aromatic rings. The summed E-state index contributed by atoms with van der Waals surface area (Å²) >= 11 is 0. The lowest BCUT2D eigenvalue weighted by Gasteiger charge is -2.25. The molecule has 4 rings (SSSR count). The van der Waals surface area contributed by atoms with Gasteiger partial charge in [0.25, 0.3) is 0 Å². The molecular formula is C30H37NO4. The van der Waals surface area contributed by atoms with Crippen molar-refractivity contribution in [3.05, 3.63) is 84.5 Å². The third-order valence-corrected chi connectivity index (χ3v) is 7.38. The highest BCUT2D eigenvalue weighted by Gasteiger charge is 2.46. The predicted molar refractivity (Wildman–Crippen MR) is 139 cm³/mol. The summed E-state index contributed by atoms with van der Waals surface area (Å²) in [4.78, 5) is 12.1. The molecule has 0 spiro atoms. The lowest BCUT2D eigenvalue weighted by Crippen LogP contribution is -2.26. The van der Waals surface area contributed by atoms with E-state index in [1.54, 1.807) is 24.3 Å². The lowest BCUT2D eigenvalue weighted by molar-refractivity contribution is -0.116. The van der Waals surface area contributed by atoms with Gasteiger partial charge in [0, 0.05) is 18.3 Å². The Morgan fingerprint density at radius 1 is 1.09 bits per heavy atom. The minimum atomic E-state index is -0.517. The number of aliphatic hydroxyl groups is 1. The Bertz CT molecular complexity index is 1020. The molecule has 2 aliphatic heterocycles. The number of unbranched alkanes of at least 4 members (excludes halogenated alkanes) is 1. The molecule has 5 heteroatoms. The zero-order valence-corrected chi connectivity index (χ0v) is 20.4. The topological polar surface area (TPSA) is 78.8 Å². The Morgan fingerprint density at radius 2 is 1.83 bits per heavy atom. The van der Waals surface area contributed by atoms with Crippen LogP contribution in [0.1, 0.15) is 56.9 Å². The first-order valence-corrected chi connectivity index (χ1v) is 12.8. The first kappa shape index (κ1) is 25.2. The van der Waals surface area contributed by atoms with Crippen molar-refractivity contribution in [3.8, 4) is 5.75 Å². The molecule has 186 valence electrons. The highest BCUT2D eigenvalue weighted by atomic mass is 16.5. The van der Waals surface area contributed by atoms with Crippen molar-refractivity contribution >= 4 is 11.6 Å². The van der Waals surface area contributed by atoms with Gasteiger partial charge in [0.15, 0.2) is 0 Å². The van der Waals surface area contributed by atoms with Crippen LogP contribution in [0.4, 0.5) is 5.69 Å². The zero-order valence-electron chi connectivity index (χ0n) is 20.4. The van der Waals surface area contributed by atoms with E-state index in [1.807, 2.05) is 24.3 Å². The molecule has 6 atom stereocenters. The number of ether oxygens (including phenoxy) is 1. The van der Waals surface area contributed by atoms with E-state index in [2.05, 4.69) is 42.6 Å². The molecule has 3 N–H and O–H groups in total. The van der Waals surface area contributed by atoms with Crippen LogP contribution < -0.4 is 5.32 Å². The van der Waals surface area contributed by atoms with E-state index in [4.69, 9.17) is 4.74 Å². The smallest absolute Gasteiger partial charge is 0.224 e. The van der Waals surface area contributed by atoms with Crippen LogP contribution >= 0.6 is 0 Å². The van der Waals surface area contributed by atoms with Crippen LogP contribution in [0.5, 0.6) is 5.75 Å². The molecular weight excluding hydrogens is 438 g/mol. The molecule has 0 radical (unpaired) electrons. The molecule has 0 saturated carbocycles. The van der Waals surface area contributed by atoms with Gasteiger partial charge >= 0.3 is 0 Å². The average Bonchev–Trinajstić information content (AvgIpc) is 3.48. The molecule has 0 aliphatic carbocycles. The number of aromatic hydroxyl groups is 1. The standard InChI is InChI=1S/C30H37NO4/c1-21(22-11-5-4-6-12-22)26(32)18-17-24-23(28-19-20-29(24)35-28)13-7-2-3-8-16-30(34)31-25-14-9-10-15-27(25)33/h2,4-7,9-12,14-15,17-18,21,23-24,26,28-29,32-33H,3,8,13,16,19-20H2,1H3,(H,31,34)/b7-2-,18-17+/t21?,23-,24+,26?,28-,29+/m0/s1. The van der Waals surface area contributed by atoms with Gasteiger partial charge in [-0.25, -0.2) is 0 Å². The summed E-state index contributed by atoms with van der Waals surface area (Å²) in [6.45, 7) is 2.06. The number of fused-ring (bicyclic) bond motifs is 2. The van der Waals surface area contributed by atoms with E-state index in [9.17, 15) is 15.0 Å². The zero-order chi connectivity index (χ0) is 24.6. The Morgan fingerprint density at radius 3 is 2.63 bits per heavy atom. The van der Waals surface area contributed by atoms with E-state index >= 15 is 0 Å². The SMILES string of the molecule is CC(c1ccccc1)C(O)/C=C/[C@@H]1[C@H](C/C=C\CCCC(=O)Nc2ccccc2O)[C@@H]2CC[C@H]1O2. The number of hydrogen-bond acceptors (Lipinski definition) is 4. The number of carbonyl (C=O) groups is 1. The summed E-state index contributed by atoms with van der Waals surface area (Å²) in [7, 11) is 0. The summed E-state index contributed by atoms with van der Waals surface area (Å²) in [5.74, 6) is 0.813. The third kappa shape index (κ3) is 6.62. The van der Waals surface area contributed by atoms with Crippen LogP contribution in [-0.4, -0.2) is 34.4 Å². The normalized spacial score (nSPS) is 25.3. The van der Waals surface area contributed by atoms with Crippen LogP contribution in [0.15, 0.2) is 78.9 Å². The molecule has 35 heavy (non-hydrogen) atoms. The summed E-state index contributed by atoms with van der Waals surface area (Å²) in [6.07, 6.45) is 13.7. The summed E-state index contributed by atoms with van der Waals surface area (Å²) in [5.41, 5.74) is 1.59. The minimum absolute atomic E-state index is 0.0494. The summed E-state index contributed by atoms with van der Waals surface area (Å²) in [5, 5.41) is 23.2. The second kappa shape index (κ2) is 12.2. The van der Waals surface area contributed by atoms with Crippen molar-refractivity contribution in [1.82, 2.24) is 0 Å². The van der Waals surface area contributed by atoms with Crippen molar-refractivity contribution in [1.29, 1.82) is 0 Å². The van der Waals surface area contributed by atoms with Crippen LogP contribution in [0, 0.1) is 11.8 Å². The molecule has 2 unspecified atom stereocenters. The molecule has 2 heterocycles. The van der Waals surface area contributed by atoms with E-state index in [1.165, 1.54) is 0 Å². The maximum Gasteiger partial charge on any atom is 0.224 e. The number of hydrogen-bond donors (Lipinski definition) is 3. The Hall–Kier alpha value is -2.89. The fraction of sp³-hybridized carbons (Fsp3) is 0.433. The van der Waals surface area contributed by atoms with Gasteiger partial charge < -0.3 is 20.3 Å². The predicted octanol–water partition coefficient (Wildman–Crippen LogP) is 5.96. The van der Waals surface area contributed by atoms with Gasteiger partial charge in [0.05, 0.1) is 24.0 Å². The van der Waals surface area contributed by atoms with Gasteiger partial charge in [-0.1, -0.05) is 73.7 Å². The number of nitrogens with one attached hydrogen (secondary N) is 1. The van der Waals surface area contributed by atoms with E-state index in [0.717, 1.165) is 37.7 Å². The molecule has 2 aliphatic rings. The van der Waals surface area contributed by atoms with Crippen molar-refractivity contribution in [2.75, 3.05) is 5.32 Å². The number of amides is 1. The van der Waals surface area contributed by atoms with Gasteiger partial charge in [-0.05, 0) is 55.7 Å². The lowest BCUT2D eigenvalue weighted by atomic mass is 9.77. The second-order valence-corrected chi connectivity index (χ2v) is 9.77. The first-order chi connectivity index (χ1) is 17.0. The Labute approximate surface area is 208 Å². The number of phenolic OH excluding ortho intramolecular Hbond substituents is 1. The van der Waals surface area contributed by atoms with Gasteiger partial charge in [-0.2, -0.15) is 0 Å². The number of aliphatic hydroxyl groups excluding tert-OH is 1. The molecule has 0 aromatic heterocycles. The van der Waals surface area contributed by atoms with Crippen LogP contribution in [0.25, 0.3) is 0 Å². The summed E-state index contributed by atoms with van der Waals surface area (Å²) in [6, 6.07) is 16.9. The number of phenols is 1. The van der Waals surface area contributed by atoms with Crippen molar-refractivity contribution in [3.63, 3.8) is 0 Å². The van der Waals surface area contributed by atoms with Gasteiger partial charge in [-0.3, -0.25) is 4.79 Å². The summed E-state index contributed by atoms with van der Waals surface area (Å²) < 4.78 is 6.21.